The highest BCUT2D eigenvalue weighted by atomic mass is 16.6. The lowest BCUT2D eigenvalue weighted by Gasteiger charge is -2.23. The number of aliphatic hydroxyl groups is 1. The summed E-state index contributed by atoms with van der Waals surface area (Å²) in [6.07, 6.45) is 3.14. The van der Waals surface area contributed by atoms with Gasteiger partial charge in [-0.2, -0.15) is 0 Å². The molecule has 1 rings (SSSR count). The van der Waals surface area contributed by atoms with E-state index in [1.54, 1.807) is 0 Å². The van der Waals surface area contributed by atoms with Crippen LogP contribution in [0.4, 0.5) is 0 Å². The smallest absolute Gasteiger partial charge is 0.209 e. The van der Waals surface area contributed by atoms with Crippen LogP contribution in [0.15, 0.2) is 0 Å². The number of hydrogen-bond donors (Lipinski definition) is 1. The van der Waals surface area contributed by atoms with Crippen LogP contribution in [0.3, 0.4) is 0 Å². The van der Waals surface area contributed by atoms with Gasteiger partial charge < -0.3 is 5.11 Å². The van der Waals surface area contributed by atoms with Crippen LogP contribution in [-0.4, -0.2) is 22.7 Å². The van der Waals surface area contributed by atoms with Crippen LogP contribution in [0.5, 0.6) is 0 Å². The molecule has 0 saturated heterocycles. The first-order chi connectivity index (χ1) is 5.20. The van der Waals surface area contributed by atoms with Crippen molar-refractivity contribution in [2.45, 2.75) is 31.8 Å². The van der Waals surface area contributed by atoms with Gasteiger partial charge in [-0.25, -0.2) is 0 Å². The van der Waals surface area contributed by atoms with E-state index in [0.29, 0.717) is 0 Å². The minimum Gasteiger partial charge on any atom is -0.393 e. The van der Waals surface area contributed by atoms with Crippen molar-refractivity contribution >= 4 is 0 Å². The molecule has 0 amide bonds. The molecule has 0 heterocycles. The molecule has 0 unspecified atom stereocenters. The Morgan fingerprint density at radius 3 is 2.64 bits per heavy atom. The molecule has 64 valence electrons. The first-order valence-electron chi connectivity index (χ1n) is 4.00. The van der Waals surface area contributed by atoms with E-state index in [9.17, 15) is 15.2 Å². The van der Waals surface area contributed by atoms with E-state index in [0.717, 1.165) is 25.7 Å². The SMILES string of the molecule is O=[N+]([O-])C[C@H]1CCCC[C@@H]1O. The van der Waals surface area contributed by atoms with Gasteiger partial charge in [-0.05, 0) is 12.8 Å². The fourth-order valence-corrected chi connectivity index (χ4v) is 1.59. The molecule has 1 fully saturated rings. The zero-order valence-electron chi connectivity index (χ0n) is 6.40. The first kappa shape index (κ1) is 8.46. The Balaban J connectivity index is 2.35. The van der Waals surface area contributed by atoms with Gasteiger partial charge in [0.2, 0.25) is 6.54 Å². The Morgan fingerprint density at radius 2 is 2.09 bits per heavy atom. The number of nitrogens with zero attached hydrogens (tertiary/aromatic N) is 1. The van der Waals surface area contributed by atoms with Gasteiger partial charge in [0.1, 0.15) is 0 Å². The van der Waals surface area contributed by atoms with Crippen molar-refractivity contribution in [1.29, 1.82) is 0 Å². The fourth-order valence-electron chi connectivity index (χ4n) is 1.59. The van der Waals surface area contributed by atoms with E-state index in [1.165, 1.54) is 0 Å². The molecular weight excluding hydrogens is 146 g/mol. The quantitative estimate of drug-likeness (QED) is 0.479. The molecule has 4 nitrogen and oxygen atoms in total. The normalized spacial score (nSPS) is 31.7. The molecule has 0 aromatic heterocycles. The molecule has 1 aliphatic rings. The van der Waals surface area contributed by atoms with Crippen LogP contribution in [0.1, 0.15) is 25.7 Å². The predicted molar refractivity (Wildman–Crippen MR) is 39.8 cm³/mol. The molecule has 0 radical (unpaired) electrons. The molecule has 1 N–H and O–H groups in total. The minimum absolute atomic E-state index is 0.0683. The van der Waals surface area contributed by atoms with Crippen LogP contribution in [0.25, 0.3) is 0 Å². The Kier molecular flexibility index (Phi) is 2.82. The number of rotatable bonds is 2. The highest BCUT2D eigenvalue weighted by Gasteiger charge is 2.26. The van der Waals surface area contributed by atoms with Gasteiger partial charge in [0.25, 0.3) is 0 Å². The van der Waals surface area contributed by atoms with Gasteiger partial charge in [-0.15, -0.1) is 0 Å². The average molecular weight is 159 g/mol. The van der Waals surface area contributed by atoms with Gasteiger partial charge in [0.05, 0.1) is 6.10 Å². The fraction of sp³-hybridized carbons (Fsp3) is 1.00. The van der Waals surface area contributed by atoms with Crippen molar-refractivity contribution in [1.82, 2.24) is 0 Å². The van der Waals surface area contributed by atoms with Crippen LogP contribution in [0, 0.1) is 16.0 Å². The monoisotopic (exact) mass is 159 g/mol. The van der Waals surface area contributed by atoms with Crippen molar-refractivity contribution in [2.24, 2.45) is 5.92 Å². The van der Waals surface area contributed by atoms with Crippen LogP contribution < -0.4 is 0 Å². The van der Waals surface area contributed by atoms with Crippen molar-refractivity contribution in [2.75, 3.05) is 6.54 Å². The van der Waals surface area contributed by atoms with Crippen LogP contribution >= 0.6 is 0 Å². The second-order valence-electron chi connectivity index (χ2n) is 3.13. The third kappa shape index (κ3) is 2.46. The molecule has 11 heavy (non-hydrogen) atoms. The Labute approximate surface area is 65.4 Å². The zero-order valence-corrected chi connectivity index (χ0v) is 6.40. The van der Waals surface area contributed by atoms with Crippen LogP contribution in [-0.2, 0) is 0 Å². The second-order valence-corrected chi connectivity index (χ2v) is 3.13. The number of aliphatic hydroxyl groups excluding tert-OH is 1. The summed E-state index contributed by atoms with van der Waals surface area (Å²) in [5, 5.41) is 19.4. The van der Waals surface area contributed by atoms with E-state index in [1.807, 2.05) is 0 Å². The van der Waals surface area contributed by atoms with Crippen molar-refractivity contribution < 1.29 is 10.0 Å². The van der Waals surface area contributed by atoms with Crippen LogP contribution in [0.2, 0.25) is 0 Å². The van der Waals surface area contributed by atoms with E-state index in [-0.39, 0.29) is 17.4 Å². The maximum atomic E-state index is 10.1. The lowest BCUT2D eigenvalue weighted by molar-refractivity contribution is -0.491. The van der Waals surface area contributed by atoms with Crippen molar-refractivity contribution in [3.63, 3.8) is 0 Å². The van der Waals surface area contributed by atoms with E-state index >= 15 is 0 Å². The molecule has 0 spiro atoms. The Bertz CT molecular complexity index is 149. The molecule has 0 bridgehead atoms. The molecule has 0 aromatic rings. The molecule has 2 atom stereocenters. The van der Waals surface area contributed by atoms with Gasteiger partial charge in [0, 0.05) is 10.8 Å². The summed E-state index contributed by atoms with van der Waals surface area (Å²) in [7, 11) is 0. The molecule has 1 aliphatic carbocycles. The second kappa shape index (κ2) is 3.67. The highest BCUT2D eigenvalue weighted by molar-refractivity contribution is 4.73. The first-order valence-corrected chi connectivity index (χ1v) is 4.00. The van der Waals surface area contributed by atoms with Crippen molar-refractivity contribution in [3.05, 3.63) is 10.1 Å². The molecular formula is C7H13NO3. The largest absolute Gasteiger partial charge is 0.393 e. The summed E-state index contributed by atoms with van der Waals surface area (Å²) in [6, 6.07) is 0. The summed E-state index contributed by atoms with van der Waals surface area (Å²) in [6.45, 7) is -0.0683. The average Bonchev–Trinajstić information content (AvgIpc) is 1.93. The minimum atomic E-state index is -0.436. The summed E-state index contributed by atoms with van der Waals surface area (Å²) in [5.74, 6) is -0.0984. The number of nitro groups is 1. The van der Waals surface area contributed by atoms with E-state index in [2.05, 4.69) is 0 Å². The predicted octanol–water partition coefficient (Wildman–Crippen LogP) is 0.814. The van der Waals surface area contributed by atoms with Gasteiger partial charge >= 0.3 is 0 Å². The number of hydrogen-bond acceptors (Lipinski definition) is 3. The maximum Gasteiger partial charge on any atom is 0.209 e. The zero-order chi connectivity index (χ0) is 8.27. The topological polar surface area (TPSA) is 63.4 Å². The lowest BCUT2D eigenvalue weighted by Crippen LogP contribution is -2.30. The summed E-state index contributed by atoms with van der Waals surface area (Å²) in [5.41, 5.74) is 0. The molecule has 0 aromatic carbocycles. The van der Waals surface area contributed by atoms with Crippen molar-refractivity contribution in [3.8, 4) is 0 Å². The van der Waals surface area contributed by atoms with E-state index in [4.69, 9.17) is 0 Å². The highest BCUT2D eigenvalue weighted by Crippen LogP contribution is 2.24. The third-order valence-electron chi connectivity index (χ3n) is 2.25. The third-order valence-corrected chi connectivity index (χ3v) is 2.25. The summed E-state index contributed by atoms with van der Waals surface area (Å²) < 4.78 is 0. The molecule has 1 saturated carbocycles. The Morgan fingerprint density at radius 1 is 1.45 bits per heavy atom. The molecule has 0 aliphatic heterocycles. The van der Waals surface area contributed by atoms with E-state index < -0.39 is 6.10 Å². The van der Waals surface area contributed by atoms with Gasteiger partial charge in [-0.3, -0.25) is 10.1 Å². The molecule has 4 heteroatoms. The van der Waals surface area contributed by atoms with Gasteiger partial charge in [-0.1, -0.05) is 12.8 Å². The standard InChI is InChI=1S/C7H13NO3/c9-7-4-2-1-3-6(7)5-8(10)11/h6-7,9H,1-5H2/t6-,7+/m1/s1. The Hall–Kier alpha value is -0.640. The maximum absolute atomic E-state index is 10.1. The van der Waals surface area contributed by atoms with Gasteiger partial charge in [0.15, 0.2) is 0 Å². The summed E-state index contributed by atoms with van der Waals surface area (Å²) >= 11 is 0. The lowest BCUT2D eigenvalue weighted by atomic mass is 9.87. The summed E-state index contributed by atoms with van der Waals surface area (Å²) in [4.78, 5) is 9.77.